The highest BCUT2D eigenvalue weighted by molar-refractivity contribution is 5.92. The number of carbonyl (C=O) groups excluding carboxylic acids is 2. The van der Waals surface area contributed by atoms with Crippen LogP contribution in [0.25, 0.3) is 0 Å². The molecule has 2 amide bonds. The lowest BCUT2D eigenvalue weighted by Gasteiger charge is -2.25. The molecule has 10 heteroatoms. The number of nitrogens with one attached hydrogen (secondary N) is 2. The third-order valence-corrected chi connectivity index (χ3v) is 4.67. The molecule has 0 unspecified atom stereocenters. The number of carboxylic acids is 2. The molecule has 0 aliphatic carbocycles. The third-order valence-electron chi connectivity index (χ3n) is 4.67. The second kappa shape index (κ2) is 12.9. The summed E-state index contributed by atoms with van der Waals surface area (Å²) in [5.74, 6) is -2.93. The summed E-state index contributed by atoms with van der Waals surface area (Å²) in [7, 11) is 0. The number of carbonyl (C=O) groups is 4. The first-order chi connectivity index (χ1) is 15.3. The van der Waals surface area contributed by atoms with E-state index in [4.69, 9.17) is 5.11 Å². The SMILES string of the molecule is CC(C)NC(=O)CN(CCN(CC(=O)O)CC(=O)Nc1ccc(C(C)(C)C)cc1)CC(=O)O. The van der Waals surface area contributed by atoms with Crippen molar-refractivity contribution in [2.24, 2.45) is 0 Å². The van der Waals surface area contributed by atoms with E-state index in [-0.39, 0.29) is 56.0 Å². The Kier molecular flexibility index (Phi) is 11.0. The maximum atomic E-state index is 12.5. The Morgan fingerprint density at radius 1 is 0.818 bits per heavy atom. The van der Waals surface area contributed by atoms with Gasteiger partial charge in [-0.05, 0) is 37.0 Å². The van der Waals surface area contributed by atoms with Crippen molar-refractivity contribution in [3.63, 3.8) is 0 Å². The summed E-state index contributed by atoms with van der Waals surface area (Å²) >= 11 is 0. The maximum absolute atomic E-state index is 12.5. The summed E-state index contributed by atoms with van der Waals surface area (Å²) in [5, 5.41) is 23.8. The van der Waals surface area contributed by atoms with Crippen LogP contribution in [0.5, 0.6) is 0 Å². The van der Waals surface area contributed by atoms with Gasteiger partial charge < -0.3 is 20.8 Å². The quantitative estimate of drug-likeness (QED) is 0.342. The molecule has 0 saturated heterocycles. The van der Waals surface area contributed by atoms with Crippen LogP contribution in [0.2, 0.25) is 0 Å². The Morgan fingerprint density at radius 3 is 1.67 bits per heavy atom. The van der Waals surface area contributed by atoms with E-state index in [2.05, 4.69) is 31.4 Å². The number of benzene rings is 1. The molecule has 10 nitrogen and oxygen atoms in total. The normalized spacial score (nSPS) is 11.6. The Labute approximate surface area is 194 Å². The van der Waals surface area contributed by atoms with E-state index in [0.717, 1.165) is 5.56 Å². The molecular weight excluding hydrogens is 428 g/mol. The molecule has 0 fully saturated rings. The van der Waals surface area contributed by atoms with Crippen molar-refractivity contribution in [2.45, 2.75) is 46.1 Å². The van der Waals surface area contributed by atoms with Gasteiger partial charge in [-0.25, -0.2) is 0 Å². The number of rotatable bonds is 13. The number of carboxylic acid groups (broad SMARTS) is 2. The van der Waals surface area contributed by atoms with Crippen LogP contribution in [0.15, 0.2) is 24.3 Å². The summed E-state index contributed by atoms with van der Waals surface area (Å²) < 4.78 is 0. The number of amides is 2. The van der Waals surface area contributed by atoms with Crippen LogP contribution in [-0.4, -0.2) is 89.1 Å². The fraction of sp³-hybridized carbons (Fsp3) is 0.565. The number of hydrogen-bond acceptors (Lipinski definition) is 6. The molecule has 33 heavy (non-hydrogen) atoms. The third kappa shape index (κ3) is 12.0. The second-order valence-corrected chi connectivity index (χ2v) is 9.31. The molecule has 0 aliphatic rings. The molecule has 0 aliphatic heterocycles. The predicted molar refractivity (Wildman–Crippen MR) is 125 cm³/mol. The molecular formula is C23H36N4O6. The van der Waals surface area contributed by atoms with Crippen LogP contribution in [0.1, 0.15) is 40.2 Å². The zero-order chi connectivity index (χ0) is 25.2. The van der Waals surface area contributed by atoms with Crippen molar-refractivity contribution in [1.82, 2.24) is 15.1 Å². The van der Waals surface area contributed by atoms with E-state index in [1.54, 1.807) is 26.0 Å². The van der Waals surface area contributed by atoms with E-state index < -0.39 is 18.5 Å². The first-order valence-corrected chi connectivity index (χ1v) is 10.8. The van der Waals surface area contributed by atoms with Crippen molar-refractivity contribution in [3.05, 3.63) is 29.8 Å². The molecule has 1 aromatic carbocycles. The van der Waals surface area contributed by atoms with Gasteiger partial charge in [-0.2, -0.15) is 0 Å². The van der Waals surface area contributed by atoms with Crippen molar-refractivity contribution >= 4 is 29.4 Å². The number of nitrogens with zero attached hydrogens (tertiary/aromatic N) is 2. The first-order valence-electron chi connectivity index (χ1n) is 10.8. The second-order valence-electron chi connectivity index (χ2n) is 9.31. The average molecular weight is 465 g/mol. The van der Waals surface area contributed by atoms with Gasteiger partial charge in [-0.1, -0.05) is 32.9 Å². The van der Waals surface area contributed by atoms with Gasteiger partial charge in [0.2, 0.25) is 11.8 Å². The topological polar surface area (TPSA) is 139 Å². The van der Waals surface area contributed by atoms with Crippen LogP contribution in [-0.2, 0) is 24.6 Å². The van der Waals surface area contributed by atoms with Crippen LogP contribution >= 0.6 is 0 Å². The molecule has 0 saturated carbocycles. The fourth-order valence-electron chi connectivity index (χ4n) is 3.12. The minimum Gasteiger partial charge on any atom is -0.480 e. The zero-order valence-corrected chi connectivity index (χ0v) is 20.1. The highest BCUT2D eigenvalue weighted by Gasteiger charge is 2.19. The molecule has 1 rings (SSSR count). The zero-order valence-electron chi connectivity index (χ0n) is 20.1. The van der Waals surface area contributed by atoms with Crippen molar-refractivity contribution in [3.8, 4) is 0 Å². The summed E-state index contributed by atoms with van der Waals surface area (Å²) in [5.41, 5.74) is 1.70. The van der Waals surface area contributed by atoms with E-state index in [1.165, 1.54) is 9.80 Å². The predicted octanol–water partition coefficient (Wildman–Crippen LogP) is 1.22. The summed E-state index contributed by atoms with van der Waals surface area (Å²) in [6, 6.07) is 7.35. The van der Waals surface area contributed by atoms with Crippen molar-refractivity contribution < 1.29 is 29.4 Å². The molecule has 0 aromatic heterocycles. The first kappa shape index (κ1) is 28.1. The van der Waals surface area contributed by atoms with Crippen LogP contribution in [0.3, 0.4) is 0 Å². The molecule has 0 bridgehead atoms. The fourth-order valence-corrected chi connectivity index (χ4v) is 3.12. The largest absolute Gasteiger partial charge is 0.480 e. The van der Waals surface area contributed by atoms with Gasteiger partial charge in [0, 0.05) is 24.8 Å². The number of anilines is 1. The minimum absolute atomic E-state index is 0.0191. The Bertz CT molecular complexity index is 817. The van der Waals surface area contributed by atoms with Crippen LogP contribution in [0.4, 0.5) is 5.69 Å². The van der Waals surface area contributed by atoms with Crippen LogP contribution in [0, 0.1) is 0 Å². The molecule has 1 aromatic rings. The van der Waals surface area contributed by atoms with Gasteiger partial charge in [-0.15, -0.1) is 0 Å². The highest BCUT2D eigenvalue weighted by Crippen LogP contribution is 2.23. The van der Waals surface area contributed by atoms with Gasteiger partial charge in [0.05, 0.1) is 26.2 Å². The molecule has 4 N–H and O–H groups in total. The van der Waals surface area contributed by atoms with Gasteiger partial charge >= 0.3 is 11.9 Å². The lowest BCUT2D eigenvalue weighted by Crippen LogP contribution is -2.46. The van der Waals surface area contributed by atoms with Gasteiger partial charge in [0.15, 0.2) is 0 Å². The summed E-state index contributed by atoms with van der Waals surface area (Å²) in [6.45, 7) is 8.97. The molecule has 0 atom stereocenters. The Hall–Kier alpha value is -2.98. The Balaban J connectivity index is 2.74. The van der Waals surface area contributed by atoms with Crippen LogP contribution < -0.4 is 10.6 Å². The Morgan fingerprint density at radius 2 is 1.27 bits per heavy atom. The highest BCUT2D eigenvalue weighted by atomic mass is 16.4. The lowest BCUT2D eigenvalue weighted by atomic mass is 9.87. The number of aliphatic carboxylic acids is 2. The van der Waals surface area contributed by atoms with E-state index >= 15 is 0 Å². The summed E-state index contributed by atoms with van der Waals surface area (Å²) in [6.07, 6.45) is 0. The molecule has 0 spiro atoms. The standard InChI is InChI=1S/C23H36N4O6/c1-16(2)24-19(28)12-26(14-21(30)31)10-11-27(15-22(32)33)13-20(29)25-18-8-6-17(7-9-18)23(3,4)5/h6-9,16H,10-15H2,1-5H3,(H,24,28)(H,25,29)(H,30,31)(H,32,33). The van der Waals surface area contributed by atoms with E-state index in [0.29, 0.717) is 5.69 Å². The summed E-state index contributed by atoms with van der Waals surface area (Å²) in [4.78, 5) is 49.7. The maximum Gasteiger partial charge on any atom is 0.317 e. The minimum atomic E-state index is -1.11. The molecule has 0 heterocycles. The smallest absolute Gasteiger partial charge is 0.317 e. The van der Waals surface area contributed by atoms with Crippen molar-refractivity contribution in [2.75, 3.05) is 44.6 Å². The lowest BCUT2D eigenvalue weighted by molar-refractivity contribution is -0.141. The average Bonchev–Trinajstić information content (AvgIpc) is 2.64. The monoisotopic (exact) mass is 464 g/mol. The van der Waals surface area contributed by atoms with Gasteiger partial charge in [-0.3, -0.25) is 29.0 Å². The van der Waals surface area contributed by atoms with Crippen molar-refractivity contribution in [1.29, 1.82) is 0 Å². The van der Waals surface area contributed by atoms with E-state index in [1.807, 2.05) is 12.1 Å². The number of hydrogen-bond donors (Lipinski definition) is 4. The van der Waals surface area contributed by atoms with E-state index in [9.17, 15) is 24.3 Å². The molecule has 184 valence electrons. The van der Waals surface area contributed by atoms with Gasteiger partial charge in [0.25, 0.3) is 0 Å². The van der Waals surface area contributed by atoms with Gasteiger partial charge in [0.1, 0.15) is 0 Å². The molecule has 0 radical (unpaired) electrons.